The molecule has 2 aromatic carbocycles. The first kappa shape index (κ1) is 22.2. The van der Waals surface area contributed by atoms with Crippen molar-refractivity contribution in [3.63, 3.8) is 0 Å². The van der Waals surface area contributed by atoms with E-state index >= 15 is 0 Å². The Morgan fingerprint density at radius 3 is 3.06 bits per heavy atom. The van der Waals surface area contributed by atoms with Gasteiger partial charge in [0.15, 0.2) is 10.1 Å². The average molecular weight is 473 g/mol. The summed E-state index contributed by atoms with van der Waals surface area (Å²) in [4.78, 5) is 31.3. The predicted molar refractivity (Wildman–Crippen MR) is 124 cm³/mol. The number of phenolic OH excluding ortho intramolecular Hbond substituents is 1. The molecule has 3 aromatic rings. The van der Waals surface area contributed by atoms with Gasteiger partial charge in [-0.3, -0.25) is 19.9 Å². The Kier molecular flexibility index (Phi) is 6.98. The minimum atomic E-state index is -0.641. The molecule has 0 bridgehead atoms. The maximum absolute atomic E-state index is 12.1. The van der Waals surface area contributed by atoms with Gasteiger partial charge in [0.25, 0.3) is 0 Å². The van der Waals surface area contributed by atoms with Crippen molar-refractivity contribution in [3.8, 4) is 5.75 Å². The Bertz CT molecular complexity index is 1170. The molecular formula is C21H20N4O5S2. The molecule has 9 nitrogen and oxygen atoms in total. The highest BCUT2D eigenvalue weighted by Crippen LogP contribution is 2.32. The van der Waals surface area contributed by atoms with Gasteiger partial charge in [0, 0.05) is 25.4 Å². The van der Waals surface area contributed by atoms with E-state index < -0.39 is 4.92 Å². The summed E-state index contributed by atoms with van der Waals surface area (Å²) in [5.41, 5.74) is 1.62. The normalized spacial score (nSPS) is 16.1. The minimum absolute atomic E-state index is 0.0435. The fraction of sp³-hybridized carbons (Fsp3) is 0.286. The van der Waals surface area contributed by atoms with Crippen LogP contribution in [0.15, 0.2) is 45.7 Å². The van der Waals surface area contributed by atoms with E-state index in [1.165, 1.54) is 41.4 Å². The van der Waals surface area contributed by atoms with Crippen LogP contribution < -0.4 is 5.32 Å². The van der Waals surface area contributed by atoms with E-state index in [4.69, 9.17) is 4.74 Å². The zero-order chi connectivity index (χ0) is 22.5. The zero-order valence-corrected chi connectivity index (χ0v) is 18.5. The number of amides is 1. The molecule has 0 unspecified atom stereocenters. The molecule has 166 valence electrons. The molecule has 0 saturated carbocycles. The maximum atomic E-state index is 12.1. The second-order valence-corrected chi connectivity index (χ2v) is 9.38. The number of rotatable bonds is 8. The number of ether oxygens (including phenoxy) is 1. The van der Waals surface area contributed by atoms with E-state index in [0.717, 1.165) is 34.0 Å². The molecule has 1 aromatic heterocycles. The predicted octanol–water partition coefficient (Wildman–Crippen LogP) is 4.05. The van der Waals surface area contributed by atoms with Gasteiger partial charge in [-0.05, 0) is 48.7 Å². The Labute approximate surface area is 191 Å². The largest absolute Gasteiger partial charge is 0.502 e. The van der Waals surface area contributed by atoms with E-state index in [1.54, 1.807) is 12.1 Å². The van der Waals surface area contributed by atoms with Crippen LogP contribution in [0.2, 0.25) is 0 Å². The zero-order valence-electron chi connectivity index (χ0n) is 16.9. The summed E-state index contributed by atoms with van der Waals surface area (Å²) in [5.74, 6) is -0.140. The maximum Gasteiger partial charge on any atom is 0.311 e. The Balaban J connectivity index is 1.37. The van der Waals surface area contributed by atoms with Gasteiger partial charge in [-0.1, -0.05) is 11.8 Å². The van der Waals surface area contributed by atoms with Gasteiger partial charge >= 0.3 is 5.69 Å². The van der Waals surface area contributed by atoms with Crippen molar-refractivity contribution in [1.82, 2.24) is 10.3 Å². The van der Waals surface area contributed by atoms with Crippen molar-refractivity contribution in [3.05, 3.63) is 52.1 Å². The second kappa shape index (κ2) is 10.1. The van der Waals surface area contributed by atoms with Crippen LogP contribution in [0.3, 0.4) is 0 Å². The van der Waals surface area contributed by atoms with E-state index in [0.29, 0.717) is 17.8 Å². The third kappa shape index (κ3) is 5.61. The number of carbonyl (C=O) groups excluding carboxylic acids is 1. The molecule has 0 spiro atoms. The van der Waals surface area contributed by atoms with Gasteiger partial charge in [-0.15, -0.1) is 11.3 Å². The minimum Gasteiger partial charge on any atom is -0.502 e. The van der Waals surface area contributed by atoms with Gasteiger partial charge in [0.2, 0.25) is 5.91 Å². The van der Waals surface area contributed by atoms with Crippen LogP contribution >= 0.6 is 23.1 Å². The molecule has 1 saturated heterocycles. The van der Waals surface area contributed by atoms with Crippen LogP contribution in [0.1, 0.15) is 18.4 Å². The molecular weight excluding hydrogens is 452 g/mol. The van der Waals surface area contributed by atoms with Crippen LogP contribution in [0.4, 0.5) is 11.4 Å². The highest BCUT2D eigenvalue weighted by atomic mass is 32.2. The number of carbonyl (C=O) groups is 1. The van der Waals surface area contributed by atoms with Gasteiger partial charge in [-0.25, -0.2) is 4.98 Å². The quantitative estimate of drug-likeness (QED) is 0.219. The number of nitrogens with one attached hydrogen (secondary N) is 1. The number of phenols is 1. The number of hydrogen-bond donors (Lipinski definition) is 2. The summed E-state index contributed by atoms with van der Waals surface area (Å²) in [6, 6.07) is 9.61. The van der Waals surface area contributed by atoms with Crippen molar-refractivity contribution in [2.75, 3.05) is 18.9 Å². The number of nitro groups is 1. The number of aliphatic imine (C=N–C) groups is 1. The SMILES string of the molecule is O=C(CSc1nc2ccc(N=Cc3ccc(O)c([N+](=O)[O-])c3)cc2s1)NC[C@@H]1CCCO1. The number of benzene rings is 2. The lowest BCUT2D eigenvalue weighted by atomic mass is 10.2. The Morgan fingerprint density at radius 2 is 2.28 bits per heavy atom. The smallest absolute Gasteiger partial charge is 0.311 e. The number of aromatic nitrogens is 1. The van der Waals surface area contributed by atoms with Crippen molar-refractivity contribution < 1.29 is 19.6 Å². The number of aromatic hydroxyl groups is 1. The van der Waals surface area contributed by atoms with Crippen molar-refractivity contribution >= 4 is 56.8 Å². The summed E-state index contributed by atoms with van der Waals surface area (Å²) in [6.07, 6.45) is 3.66. The van der Waals surface area contributed by atoms with Gasteiger partial charge < -0.3 is 15.2 Å². The molecule has 1 fully saturated rings. The third-order valence-corrected chi connectivity index (χ3v) is 6.95. The molecule has 1 aliphatic heterocycles. The topological polar surface area (TPSA) is 127 Å². The van der Waals surface area contributed by atoms with Crippen molar-refractivity contribution in [2.24, 2.45) is 4.99 Å². The highest BCUT2D eigenvalue weighted by molar-refractivity contribution is 8.01. The van der Waals surface area contributed by atoms with Gasteiger partial charge in [0.1, 0.15) is 0 Å². The summed E-state index contributed by atoms with van der Waals surface area (Å²) in [6.45, 7) is 1.31. The number of hydrogen-bond acceptors (Lipinski definition) is 9. The van der Waals surface area contributed by atoms with Crippen LogP contribution in [-0.2, 0) is 9.53 Å². The Morgan fingerprint density at radius 1 is 1.41 bits per heavy atom. The van der Waals surface area contributed by atoms with E-state index in [2.05, 4.69) is 15.3 Å². The highest BCUT2D eigenvalue weighted by Gasteiger charge is 2.16. The first-order chi connectivity index (χ1) is 15.5. The Hall–Kier alpha value is -3.02. The summed E-state index contributed by atoms with van der Waals surface area (Å²) in [7, 11) is 0. The summed E-state index contributed by atoms with van der Waals surface area (Å²) >= 11 is 2.86. The molecule has 11 heteroatoms. The standard InChI is InChI=1S/C21H20N4O5S2/c26-18-6-3-13(8-17(18)25(28)29)10-22-14-4-5-16-19(9-14)32-21(24-16)31-12-20(27)23-11-15-2-1-7-30-15/h3-6,8-10,15,26H,1-2,7,11-12H2,(H,23,27)/t15-/m0/s1. The number of thiazole rings is 1. The van der Waals surface area contributed by atoms with Gasteiger partial charge in [-0.2, -0.15) is 0 Å². The van der Waals surface area contributed by atoms with Crippen LogP contribution in [0.5, 0.6) is 5.75 Å². The number of nitrogens with zero attached hydrogens (tertiary/aromatic N) is 3. The molecule has 2 N–H and O–H groups in total. The van der Waals surface area contributed by atoms with Crippen LogP contribution in [0.25, 0.3) is 10.2 Å². The van der Waals surface area contributed by atoms with Crippen molar-refractivity contribution in [2.45, 2.75) is 23.3 Å². The monoisotopic (exact) mass is 472 g/mol. The van der Waals surface area contributed by atoms with E-state index in [-0.39, 0.29) is 29.2 Å². The summed E-state index contributed by atoms with van der Waals surface area (Å²) < 4.78 is 7.23. The molecule has 0 aliphatic carbocycles. The first-order valence-corrected chi connectivity index (χ1v) is 11.7. The lowest BCUT2D eigenvalue weighted by molar-refractivity contribution is -0.385. The molecule has 1 atom stereocenters. The van der Waals surface area contributed by atoms with Crippen molar-refractivity contribution in [1.29, 1.82) is 0 Å². The lowest BCUT2D eigenvalue weighted by Crippen LogP contribution is -2.32. The molecule has 1 aliphatic rings. The lowest BCUT2D eigenvalue weighted by Gasteiger charge is -2.09. The third-order valence-electron chi connectivity index (χ3n) is 4.79. The van der Waals surface area contributed by atoms with Crippen LogP contribution in [-0.4, -0.2) is 52.1 Å². The first-order valence-electron chi connectivity index (χ1n) is 9.91. The summed E-state index contributed by atoms with van der Waals surface area (Å²) in [5, 5.41) is 23.4. The fourth-order valence-corrected chi connectivity index (χ4v) is 5.09. The van der Waals surface area contributed by atoms with E-state index in [1.807, 2.05) is 12.1 Å². The van der Waals surface area contributed by atoms with Gasteiger partial charge in [0.05, 0.1) is 32.7 Å². The number of nitro benzene ring substituents is 1. The van der Waals surface area contributed by atoms with E-state index in [9.17, 15) is 20.0 Å². The number of thioether (sulfide) groups is 1. The number of fused-ring (bicyclic) bond motifs is 1. The molecule has 4 rings (SSSR count). The second-order valence-electron chi connectivity index (χ2n) is 7.12. The molecule has 2 heterocycles. The average Bonchev–Trinajstić information content (AvgIpc) is 3.44. The molecule has 0 radical (unpaired) electrons. The van der Waals surface area contributed by atoms with Crippen LogP contribution in [0, 0.1) is 10.1 Å². The molecule has 1 amide bonds. The fourth-order valence-electron chi connectivity index (χ4n) is 3.16. The molecule has 32 heavy (non-hydrogen) atoms.